The molecule has 94 valence electrons. The van der Waals surface area contributed by atoms with Crippen molar-refractivity contribution in [1.29, 1.82) is 0 Å². The molecule has 3 rings (SSSR count). The van der Waals surface area contributed by atoms with Gasteiger partial charge in [0.2, 0.25) is 0 Å². The molecule has 1 N–H and O–H groups in total. The van der Waals surface area contributed by atoms with Crippen LogP contribution in [0.2, 0.25) is 0 Å². The number of hydrogen-bond donors (Lipinski definition) is 1. The number of halogens is 1. The van der Waals surface area contributed by atoms with Gasteiger partial charge in [0.25, 0.3) is 0 Å². The van der Waals surface area contributed by atoms with Crippen LogP contribution >= 0.6 is 12.4 Å². The molecule has 2 nitrogen and oxygen atoms in total. The van der Waals surface area contributed by atoms with Crippen molar-refractivity contribution in [2.45, 2.75) is 25.7 Å². The SMILES string of the molecule is Cc1ccc(N2CCNCC2)c(C2CC2)c1.Cl. The normalized spacial score (nSPS) is 19.9. The lowest BCUT2D eigenvalue weighted by Gasteiger charge is -2.31. The van der Waals surface area contributed by atoms with E-state index < -0.39 is 0 Å². The standard InChI is InChI=1S/C14H20N2.ClH/c1-11-2-5-14(13(10-11)12-3-4-12)16-8-6-15-7-9-16;/h2,5,10,12,15H,3-4,6-9H2,1H3;1H. The summed E-state index contributed by atoms with van der Waals surface area (Å²) >= 11 is 0. The molecule has 1 aromatic carbocycles. The molecule has 1 aliphatic heterocycles. The first-order chi connectivity index (χ1) is 7.84. The molecule has 0 atom stereocenters. The highest BCUT2D eigenvalue weighted by Crippen LogP contribution is 2.44. The Bertz CT molecular complexity index is 382. The Morgan fingerprint density at radius 2 is 1.88 bits per heavy atom. The molecule has 0 radical (unpaired) electrons. The second-order valence-electron chi connectivity index (χ2n) is 5.07. The van der Waals surface area contributed by atoms with E-state index in [1.807, 2.05) is 0 Å². The third-order valence-corrected chi connectivity index (χ3v) is 3.66. The van der Waals surface area contributed by atoms with E-state index in [2.05, 4.69) is 35.3 Å². The Hall–Kier alpha value is -0.730. The lowest BCUT2D eigenvalue weighted by molar-refractivity contribution is 0.588. The third kappa shape index (κ3) is 2.75. The van der Waals surface area contributed by atoms with Crippen LogP contribution in [0.4, 0.5) is 5.69 Å². The fourth-order valence-electron chi connectivity index (χ4n) is 2.59. The number of anilines is 1. The van der Waals surface area contributed by atoms with Gasteiger partial charge in [-0.3, -0.25) is 0 Å². The molecule has 1 heterocycles. The van der Waals surface area contributed by atoms with Crippen LogP contribution in [0.3, 0.4) is 0 Å². The van der Waals surface area contributed by atoms with Gasteiger partial charge in [-0.15, -0.1) is 12.4 Å². The maximum atomic E-state index is 3.42. The topological polar surface area (TPSA) is 15.3 Å². The van der Waals surface area contributed by atoms with Crippen molar-refractivity contribution in [2.24, 2.45) is 0 Å². The largest absolute Gasteiger partial charge is 0.369 e. The molecule has 0 spiro atoms. The summed E-state index contributed by atoms with van der Waals surface area (Å²) in [5, 5.41) is 3.42. The van der Waals surface area contributed by atoms with Crippen molar-refractivity contribution in [3.8, 4) is 0 Å². The zero-order valence-corrected chi connectivity index (χ0v) is 11.2. The van der Waals surface area contributed by atoms with E-state index in [4.69, 9.17) is 0 Å². The van der Waals surface area contributed by atoms with Crippen molar-refractivity contribution < 1.29 is 0 Å². The van der Waals surface area contributed by atoms with E-state index in [0.29, 0.717) is 0 Å². The van der Waals surface area contributed by atoms with Gasteiger partial charge >= 0.3 is 0 Å². The van der Waals surface area contributed by atoms with Gasteiger partial charge in [-0.1, -0.05) is 17.7 Å². The van der Waals surface area contributed by atoms with Crippen LogP contribution in [0.5, 0.6) is 0 Å². The summed E-state index contributed by atoms with van der Waals surface area (Å²) in [6.45, 7) is 6.76. The molecular weight excluding hydrogens is 232 g/mol. The highest BCUT2D eigenvalue weighted by Gasteiger charge is 2.28. The van der Waals surface area contributed by atoms with Crippen molar-refractivity contribution in [3.63, 3.8) is 0 Å². The summed E-state index contributed by atoms with van der Waals surface area (Å²) in [6.07, 6.45) is 2.78. The van der Waals surface area contributed by atoms with Gasteiger partial charge in [0, 0.05) is 31.9 Å². The smallest absolute Gasteiger partial charge is 0.0402 e. The predicted molar refractivity (Wildman–Crippen MR) is 75.5 cm³/mol. The summed E-state index contributed by atoms with van der Waals surface area (Å²) in [6, 6.07) is 6.98. The van der Waals surface area contributed by atoms with E-state index in [9.17, 15) is 0 Å². The molecule has 0 bridgehead atoms. The van der Waals surface area contributed by atoms with Crippen LogP contribution < -0.4 is 10.2 Å². The third-order valence-electron chi connectivity index (χ3n) is 3.66. The Balaban J connectivity index is 0.00000108. The van der Waals surface area contributed by atoms with Crippen molar-refractivity contribution in [3.05, 3.63) is 29.3 Å². The quantitative estimate of drug-likeness (QED) is 0.871. The zero-order chi connectivity index (χ0) is 11.0. The fraction of sp³-hybridized carbons (Fsp3) is 0.571. The molecular formula is C14H21ClN2. The van der Waals surface area contributed by atoms with Gasteiger partial charge in [0.15, 0.2) is 0 Å². The molecule has 1 aliphatic carbocycles. The molecule has 0 aromatic heterocycles. The van der Waals surface area contributed by atoms with Gasteiger partial charge in [-0.25, -0.2) is 0 Å². The molecule has 1 saturated heterocycles. The second-order valence-corrected chi connectivity index (χ2v) is 5.07. The summed E-state index contributed by atoms with van der Waals surface area (Å²) in [5.41, 5.74) is 4.50. The lowest BCUT2D eigenvalue weighted by atomic mass is 10.0. The number of aryl methyl sites for hydroxylation is 1. The van der Waals surface area contributed by atoms with Crippen molar-refractivity contribution in [1.82, 2.24) is 5.32 Å². The van der Waals surface area contributed by atoms with Crippen LogP contribution in [0.25, 0.3) is 0 Å². The number of rotatable bonds is 2. The number of piperazine rings is 1. The monoisotopic (exact) mass is 252 g/mol. The first-order valence-corrected chi connectivity index (χ1v) is 6.41. The van der Waals surface area contributed by atoms with Crippen LogP contribution in [0.15, 0.2) is 18.2 Å². The summed E-state index contributed by atoms with van der Waals surface area (Å²) in [5.74, 6) is 0.852. The number of benzene rings is 1. The van der Waals surface area contributed by atoms with Crippen molar-refractivity contribution in [2.75, 3.05) is 31.1 Å². The minimum Gasteiger partial charge on any atom is -0.369 e. The summed E-state index contributed by atoms with van der Waals surface area (Å²) in [4.78, 5) is 2.55. The zero-order valence-electron chi connectivity index (χ0n) is 10.4. The lowest BCUT2D eigenvalue weighted by Crippen LogP contribution is -2.43. The van der Waals surface area contributed by atoms with E-state index in [1.54, 1.807) is 5.56 Å². The van der Waals surface area contributed by atoms with Crippen LogP contribution in [-0.4, -0.2) is 26.2 Å². The maximum Gasteiger partial charge on any atom is 0.0402 e. The molecule has 2 fully saturated rings. The average Bonchev–Trinajstić information content (AvgIpc) is 3.14. The number of nitrogens with one attached hydrogen (secondary N) is 1. The highest BCUT2D eigenvalue weighted by molar-refractivity contribution is 5.85. The number of nitrogens with zero attached hydrogens (tertiary/aromatic N) is 1. The average molecular weight is 253 g/mol. The Morgan fingerprint density at radius 3 is 2.53 bits per heavy atom. The van der Waals surface area contributed by atoms with Crippen molar-refractivity contribution >= 4 is 18.1 Å². The Labute approximate surface area is 110 Å². The molecule has 0 amide bonds. The summed E-state index contributed by atoms with van der Waals surface area (Å²) < 4.78 is 0. The summed E-state index contributed by atoms with van der Waals surface area (Å²) in [7, 11) is 0. The minimum absolute atomic E-state index is 0. The molecule has 17 heavy (non-hydrogen) atoms. The van der Waals surface area contributed by atoms with Gasteiger partial charge < -0.3 is 10.2 Å². The van der Waals surface area contributed by atoms with Crippen LogP contribution in [0.1, 0.15) is 29.9 Å². The molecule has 1 aromatic rings. The minimum atomic E-state index is 0. The van der Waals surface area contributed by atoms with Crippen LogP contribution in [0, 0.1) is 6.92 Å². The van der Waals surface area contributed by atoms with Gasteiger partial charge in [0.1, 0.15) is 0 Å². The van der Waals surface area contributed by atoms with Gasteiger partial charge in [-0.05, 0) is 37.3 Å². The number of hydrogen-bond acceptors (Lipinski definition) is 2. The Kier molecular flexibility index (Phi) is 3.95. The first kappa shape index (κ1) is 12.7. The highest BCUT2D eigenvalue weighted by atomic mass is 35.5. The van der Waals surface area contributed by atoms with E-state index in [0.717, 1.165) is 32.1 Å². The van der Waals surface area contributed by atoms with E-state index >= 15 is 0 Å². The van der Waals surface area contributed by atoms with Crippen LogP contribution in [-0.2, 0) is 0 Å². The molecule has 2 aliphatic rings. The Morgan fingerprint density at radius 1 is 1.18 bits per heavy atom. The van der Waals surface area contributed by atoms with E-state index in [1.165, 1.54) is 24.1 Å². The molecule has 1 saturated carbocycles. The second kappa shape index (κ2) is 5.28. The van der Waals surface area contributed by atoms with Gasteiger partial charge in [-0.2, -0.15) is 0 Å². The first-order valence-electron chi connectivity index (χ1n) is 6.41. The molecule has 0 unspecified atom stereocenters. The fourth-order valence-corrected chi connectivity index (χ4v) is 2.59. The van der Waals surface area contributed by atoms with E-state index in [-0.39, 0.29) is 12.4 Å². The maximum absolute atomic E-state index is 3.42. The molecule has 3 heteroatoms. The van der Waals surface area contributed by atoms with Gasteiger partial charge in [0.05, 0.1) is 0 Å². The predicted octanol–water partition coefficient (Wildman–Crippen LogP) is 2.70.